The van der Waals surface area contributed by atoms with Crippen molar-refractivity contribution < 1.29 is 0 Å². The maximum atomic E-state index is 9.61. The molecule has 8 rings (SSSR count). The molecule has 2 heterocycles. The van der Waals surface area contributed by atoms with Crippen molar-refractivity contribution in [3.05, 3.63) is 185 Å². The van der Waals surface area contributed by atoms with E-state index >= 15 is 0 Å². The summed E-state index contributed by atoms with van der Waals surface area (Å²) < 4.78 is 0. The van der Waals surface area contributed by atoms with Crippen molar-refractivity contribution in [3.63, 3.8) is 0 Å². The predicted molar refractivity (Wildman–Crippen MR) is 179 cm³/mol. The van der Waals surface area contributed by atoms with Gasteiger partial charge in [-0.3, -0.25) is 9.97 Å². The topological polar surface area (TPSA) is 53.9 Å². The van der Waals surface area contributed by atoms with Gasteiger partial charge in [-0.05, 0) is 85.1 Å². The lowest BCUT2D eigenvalue weighted by Gasteiger charge is -2.34. The Morgan fingerprint density at radius 3 is 1.96 bits per heavy atom. The van der Waals surface area contributed by atoms with Crippen molar-refractivity contribution in [1.82, 2.24) is 9.97 Å². The van der Waals surface area contributed by atoms with E-state index in [4.69, 9.17) is 6.57 Å². The van der Waals surface area contributed by atoms with Crippen molar-refractivity contribution in [2.24, 2.45) is 0 Å². The summed E-state index contributed by atoms with van der Waals surface area (Å²) in [5.74, 6) is 0. The number of aromatic nitrogens is 2. The molecular weight excluding hydrogens is 548 g/mol. The average molecular weight is 573 g/mol. The second-order valence-electron chi connectivity index (χ2n) is 11.3. The van der Waals surface area contributed by atoms with Crippen LogP contribution in [0.2, 0.25) is 0 Å². The molecule has 2 aromatic heterocycles. The van der Waals surface area contributed by atoms with Gasteiger partial charge < -0.3 is 0 Å². The number of fused-ring (bicyclic) bond motifs is 5. The summed E-state index contributed by atoms with van der Waals surface area (Å²) in [5.41, 5.74) is 11.3. The van der Waals surface area contributed by atoms with Crippen molar-refractivity contribution in [2.45, 2.75) is 5.41 Å². The molecule has 0 saturated heterocycles. The summed E-state index contributed by atoms with van der Waals surface area (Å²) in [6.45, 7) is 7.64. The first-order chi connectivity index (χ1) is 22.2. The smallest absolute Gasteiger partial charge is 0.205 e. The van der Waals surface area contributed by atoms with E-state index in [0.29, 0.717) is 11.3 Å². The van der Waals surface area contributed by atoms with E-state index < -0.39 is 5.41 Å². The van der Waals surface area contributed by atoms with Gasteiger partial charge in [0.1, 0.15) is 6.07 Å². The summed E-state index contributed by atoms with van der Waals surface area (Å²) in [7, 11) is 0. The van der Waals surface area contributed by atoms with Gasteiger partial charge in [0.2, 0.25) is 5.69 Å². The molecule has 0 unspecified atom stereocenters. The van der Waals surface area contributed by atoms with Crippen LogP contribution in [0.4, 0.5) is 5.69 Å². The van der Waals surface area contributed by atoms with Gasteiger partial charge in [-0.2, -0.15) is 5.26 Å². The maximum absolute atomic E-state index is 9.61. The van der Waals surface area contributed by atoms with Crippen LogP contribution < -0.4 is 0 Å². The fraction of sp³-hybridized carbons (Fsp3) is 0.0244. The van der Waals surface area contributed by atoms with Crippen LogP contribution in [0.3, 0.4) is 0 Å². The molecule has 0 atom stereocenters. The highest BCUT2D eigenvalue weighted by atomic mass is 14.7. The third-order valence-electron chi connectivity index (χ3n) is 8.92. The highest BCUT2D eigenvalue weighted by molar-refractivity contribution is 6.10. The lowest BCUT2D eigenvalue weighted by Crippen LogP contribution is -2.28. The Morgan fingerprint density at radius 2 is 1.24 bits per heavy atom. The molecule has 4 nitrogen and oxygen atoms in total. The second-order valence-corrected chi connectivity index (χ2v) is 11.3. The average Bonchev–Trinajstić information content (AvgIpc) is 3.42. The van der Waals surface area contributed by atoms with Crippen LogP contribution in [0.15, 0.2) is 146 Å². The Kier molecular flexibility index (Phi) is 6.09. The number of hydrogen-bond acceptors (Lipinski definition) is 3. The lowest BCUT2D eigenvalue weighted by atomic mass is 9.67. The standard InChI is InChI=1S/C41H24N4/c1-43-33-19-30(25-45-26-33)37-21-39-40(35-15-9-8-14-34(35)37)36-17-16-28(29-18-27(22-42)23-44-24-29)20-38(36)41(39,31-10-4-2-5-11-31)32-12-6-3-7-13-32/h2-21,23-26H. The van der Waals surface area contributed by atoms with E-state index in [0.717, 1.165) is 44.2 Å². The molecule has 0 bridgehead atoms. The molecule has 208 valence electrons. The number of benzene rings is 5. The second kappa shape index (κ2) is 10.4. The Hall–Kier alpha value is -6.36. The monoisotopic (exact) mass is 572 g/mol. The molecule has 7 aromatic rings. The molecule has 0 fully saturated rings. The summed E-state index contributed by atoms with van der Waals surface area (Å²) in [4.78, 5) is 12.5. The van der Waals surface area contributed by atoms with Gasteiger partial charge >= 0.3 is 0 Å². The van der Waals surface area contributed by atoms with E-state index in [-0.39, 0.29) is 0 Å². The van der Waals surface area contributed by atoms with Crippen LogP contribution in [0.1, 0.15) is 27.8 Å². The third-order valence-corrected chi connectivity index (χ3v) is 8.92. The highest BCUT2D eigenvalue weighted by Crippen LogP contribution is 2.59. The fourth-order valence-electron chi connectivity index (χ4n) is 7.06. The first-order valence-electron chi connectivity index (χ1n) is 14.7. The first-order valence-corrected chi connectivity index (χ1v) is 14.7. The zero-order chi connectivity index (χ0) is 30.4. The van der Waals surface area contributed by atoms with Crippen LogP contribution in [-0.2, 0) is 5.41 Å². The van der Waals surface area contributed by atoms with Gasteiger partial charge in [-0.15, -0.1) is 0 Å². The van der Waals surface area contributed by atoms with Gasteiger partial charge in [-0.1, -0.05) is 97.1 Å². The molecule has 0 aliphatic heterocycles. The van der Waals surface area contributed by atoms with Crippen molar-refractivity contribution >= 4 is 16.5 Å². The minimum atomic E-state index is -0.646. The molecule has 0 amide bonds. The van der Waals surface area contributed by atoms with Crippen molar-refractivity contribution in [3.8, 4) is 39.4 Å². The molecule has 45 heavy (non-hydrogen) atoms. The Bertz CT molecular complexity index is 2310. The molecular formula is C41H24N4. The van der Waals surface area contributed by atoms with Gasteiger partial charge in [-0.25, -0.2) is 4.85 Å². The van der Waals surface area contributed by atoms with Crippen LogP contribution >= 0.6 is 0 Å². The van der Waals surface area contributed by atoms with Crippen LogP contribution in [0.25, 0.3) is 49.0 Å². The number of pyridine rings is 2. The molecule has 5 aromatic carbocycles. The van der Waals surface area contributed by atoms with E-state index in [1.807, 2.05) is 24.5 Å². The van der Waals surface area contributed by atoms with E-state index in [1.54, 1.807) is 12.4 Å². The maximum Gasteiger partial charge on any atom is 0.205 e. The molecule has 0 saturated carbocycles. The fourth-order valence-corrected chi connectivity index (χ4v) is 7.06. The third kappa shape index (κ3) is 3.98. The number of hydrogen-bond donors (Lipinski definition) is 0. The normalized spacial score (nSPS) is 12.6. The van der Waals surface area contributed by atoms with Gasteiger partial charge in [0.25, 0.3) is 0 Å². The largest absolute Gasteiger partial charge is 0.276 e. The first kappa shape index (κ1) is 26.3. The molecule has 1 aliphatic carbocycles. The van der Waals surface area contributed by atoms with Crippen LogP contribution in [-0.4, -0.2) is 9.97 Å². The van der Waals surface area contributed by atoms with Crippen LogP contribution in [0.5, 0.6) is 0 Å². The minimum Gasteiger partial charge on any atom is -0.276 e. The van der Waals surface area contributed by atoms with E-state index in [9.17, 15) is 5.26 Å². The van der Waals surface area contributed by atoms with Crippen LogP contribution in [0, 0.1) is 17.9 Å². The Balaban J connectivity index is 1.54. The predicted octanol–water partition coefficient (Wildman–Crippen LogP) is 9.75. The lowest BCUT2D eigenvalue weighted by molar-refractivity contribution is 0.769. The Morgan fingerprint density at radius 1 is 0.578 bits per heavy atom. The number of rotatable bonds is 4. The zero-order valence-electron chi connectivity index (χ0n) is 24.1. The van der Waals surface area contributed by atoms with E-state index in [2.05, 4.69) is 130 Å². The molecule has 4 heteroatoms. The van der Waals surface area contributed by atoms with Gasteiger partial charge in [0.15, 0.2) is 0 Å². The minimum absolute atomic E-state index is 0.510. The Labute approximate surface area is 261 Å². The summed E-state index contributed by atoms with van der Waals surface area (Å²) in [5, 5.41) is 11.9. The van der Waals surface area contributed by atoms with Crippen molar-refractivity contribution in [2.75, 3.05) is 0 Å². The summed E-state index contributed by atoms with van der Waals surface area (Å²) in [6, 6.07) is 44.9. The van der Waals surface area contributed by atoms with Gasteiger partial charge in [0, 0.05) is 30.4 Å². The summed E-state index contributed by atoms with van der Waals surface area (Å²) in [6.07, 6.45) is 6.88. The molecule has 0 radical (unpaired) electrons. The number of nitriles is 1. The number of nitrogens with zero attached hydrogens (tertiary/aromatic N) is 4. The molecule has 0 spiro atoms. The highest BCUT2D eigenvalue weighted by Gasteiger charge is 2.47. The zero-order valence-corrected chi connectivity index (χ0v) is 24.1. The SMILES string of the molecule is [C-]#[N+]c1cncc(-c2cc3c(c4ccccc24)-c2ccc(-c4cncc(C#N)c4)cc2C3(c2ccccc2)c2ccccc2)c1. The summed E-state index contributed by atoms with van der Waals surface area (Å²) >= 11 is 0. The molecule has 0 N–H and O–H groups in total. The van der Waals surface area contributed by atoms with Gasteiger partial charge in [0.05, 0.1) is 17.6 Å². The molecule has 1 aliphatic rings. The van der Waals surface area contributed by atoms with Crippen molar-refractivity contribution in [1.29, 1.82) is 5.26 Å². The van der Waals surface area contributed by atoms with E-state index in [1.165, 1.54) is 22.3 Å². The quantitative estimate of drug-likeness (QED) is 0.197.